The molecule has 0 atom stereocenters. The van der Waals surface area contributed by atoms with E-state index in [1.54, 1.807) is 42.7 Å². The lowest BCUT2D eigenvalue weighted by Crippen LogP contribution is -1.96. The zero-order valence-corrected chi connectivity index (χ0v) is 40.6. The van der Waals surface area contributed by atoms with Gasteiger partial charge >= 0.3 is 0 Å². The maximum Gasteiger partial charge on any atom is 0.121 e. The first-order valence-corrected chi connectivity index (χ1v) is 23.1. The highest BCUT2D eigenvalue weighted by Gasteiger charge is 2.19. The van der Waals surface area contributed by atoms with E-state index in [2.05, 4.69) is 95.9 Å². The molecule has 0 bridgehead atoms. The van der Waals surface area contributed by atoms with E-state index >= 15 is 0 Å². The Morgan fingerprint density at radius 2 is 0.458 bits per heavy atom. The monoisotopic (exact) mass is 934 g/mol. The Balaban J connectivity index is 1.14. The molecule has 6 heteroatoms. The Morgan fingerprint density at radius 1 is 0.236 bits per heavy atom. The second-order valence-electron chi connectivity index (χ2n) is 16.8. The number of rotatable bonds is 8. The normalized spacial score (nSPS) is 10.5. The maximum absolute atomic E-state index is 5.86. The van der Waals surface area contributed by atoms with E-state index in [1.807, 2.05) is 121 Å². The van der Waals surface area contributed by atoms with Crippen molar-refractivity contribution in [2.45, 2.75) is 0 Å². The van der Waals surface area contributed by atoms with E-state index in [0.29, 0.717) is 11.5 Å². The van der Waals surface area contributed by atoms with Gasteiger partial charge in [-0.1, -0.05) is 71.6 Å². The summed E-state index contributed by atoms with van der Waals surface area (Å²) in [5.41, 5.74) is 10.4. The number of hydrogen-bond donors (Lipinski definition) is 0. The Morgan fingerprint density at radius 3 is 0.667 bits per heavy atom. The fourth-order valence-electron chi connectivity index (χ4n) is 8.87. The van der Waals surface area contributed by atoms with Gasteiger partial charge in [0.15, 0.2) is 0 Å². The average Bonchev–Trinajstić information content (AvgIpc) is 3.44. The van der Waals surface area contributed by atoms with Crippen LogP contribution >= 0.6 is 0 Å². The van der Waals surface area contributed by atoms with E-state index in [0.717, 1.165) is 111 Å². The third-order valence-corrected chi connectivity index (χ3v) is 12.5. The van der Waals surface area contributed by atoms with Gasteiger partial charge in [-0.2, -0.15) is 0 Å². The summed E-state index contributed by atoms with van der Waals surface area (Å²) in [7, 11) is 9.95. The van der Waals surface area contributed by atoms with Crippen molar-refractivity contribution in [3.05, 3.63) is 214 Å². The summed E-state index contributed by atoms with van der Waals surface area (Å²) in [5, 5.41) is 6.70. The van der Waals surface area contributed by atoms with Crippen LogP contribution in [0.15, 0.2) is 170 Å². The summed E-state index contributed by atoms with van der Waals surface area (Å²) in [6.07, 6.45) is 0. The van der Waals surface area contributed by atoms with E-state index in [4.69, 9.17) is 28.4 Å². The molecule has 0 aliphatic heterocycles. The smallest absolute Gasteiger partial charge is 0.121 e. The van der Waals surface area contributed by atoms with Crippen molar-refractivity contribution in [1.29, 1.82) is 0 Å². The van der Waals surface area contributed by atoms with Gasteiger partial charge < -0.3 is 28.4 Å². The van der Waals surface area contributed by atoms with Crippen molar-refractivity contribution in [1.82, 2.24) is 0 Å². The number of methoxy groups -OCH3 is 6. The highest BCUT2D eigenvalue weighted by Crippen LogP contribution is 2.42. The molecule has 0 saturated heterocycles. The summed E-state index contributed by atoms with van der Waals surface area (Å²) >= 11 is 0. The summed E-state index contributed by atoms with van der Waals surface area (Å²) in [4.78, 5) is 0. The third kappa shape index (κ3) is 9.63. The van der Waals surface area contributed by atoms with Gasteiger partial charge in [0.05, 0.1) is 42.7 Å². The molecular formula is C66H46O6. The molecule has 0 unspecified atom stereocenters. The molecule has 0 fully saturated rings. The van der Waals surface area contributed by atoms with Gasteiger partial charge in [-0.25, -0.2) is 0 Å². The van der Waals surface area contributed by atoms with E-state index < -0.39 is 0 Å². The first kappa shape index (κ1) is 46.0. The standard InChI is InChI=1S/C66H46O6/c1-67-57-27-11-43(12-28-57)7-19-51-39-61(71-5)40-52(20-8-44-13-29-58(68-2)30-14-44)63(51)55-35-47-23-25-49-37-56(38-50-26-24-48(36-55)65(47)66(49)50)64-53(21-9-45-15-31-59(69-3)32-16-45)41-62(72-6)42-54(64)22-10-46-17-33-60(70-4)34-18-46/h11-18,23-42H,1-6H3. The molecule has 10 aromatic carbocycles. The molecular weight excluding hydrogens is 889 g/mol. The van der Waals surface area contributed by atoms with Crippen LogP contribution in [0.2, 0.25) is 0 Å². The SMILES string of the molecule is COc1ccc(C#Cc2cc(OC)cc(C#Cc3ccc(OC)cc3)c2-c2cc3ccc4cc(-c5c(C#Cc6ccc(OC)cc6)cc(OC)cc5C#Cc5ccc(OC)cc5)cc5ccc(c2)c3c45)cc1. The Kier molecular flexibility index (Phi) is 13.1. The number of benzene rings is 10. The predicted octanol–water partition coefficient (Wildman–Crippen LogP) is 13.6. The molecule has 0 aromatic heterocycles. The van der Waals surface area contributed by atoms with Crippen molar-refractivity contribution in [2.75, 3.05) is 42.7 Å². The molecule has 0 aliphatic carbocycles. The lowest BCUT2D eigenvalue weighted by molar-refractivity contribution is 0.414. The number of ether oxygens (including phenoxy) is 6. The van der Waals surface area contributed by atoms with E-state index in [9.17, 15) is 0 Å². The van der Waals surface area contributed by atoms with Gasteiger partial charge in [0.25, 0.3) is 0 Å². The molecule has 72 heavy (non-hydrogen) atoms. The molecule has 0 heterocycles. The second-order valence-corrected chi connectivity index (χ2v) is 16.8. The van der Waals surface area contributed by atoms with Crippen molar-refractivity contribution < 1.29 is 28.4 Å². The summed E-state index contributed by atoms with van der Waals surface area (Å²) < 4.78 is 33.4. The molecule has 0 aliphatic rings. The van der Waals surface area contributed by atoms with Crippen LogP contribution < -0.4 is 28.4 Å². The molecule has 6 nitrogen and oxygen atoms in total. The van der Waals surface area contributed by atoms with Gasteiger partial charge in [-0.15, -0.1) is 0 Å². The van der Waals surface area contributed by atoms with Crippen LogP contribution in [0, 0.1) is 47.4 Å². The lowest BCUT2D eigenvalue weighted by Gasteiger charge is -2.17. The molecule has 0 radical (unpaired) electrons. The van der Waals surface area contributed by atoms with Crippen molar-refractivity contribution in [2.24, 2.45) is 0 Å². The molecule has 0 amide bonds. The largest absolute Gasteiger partial charge is 0.497 e. The van der Waals surface area contributed by atoms with Crippen LogP contribution in [0.3, 0.4) is 0 Å². The average molecular weight is 935 g/mol. The van der Waals surface area contributed by atoms with Gasteiger partial charge in [-0.05, 0) is 189 Å². The minimum atomic E-state index is 0.659. The topological polar surface area (TPSA) is 55.4 Å². The van der Waals surface area contributed by atoms with E-state index in [1.165, 1.54) is 10.8 Å². The molecule has 0 spiro atoms. The van der Waals surface area contributed by atoms with E-state index in [-0.39, 0.29) is 0 Å². The molecule has 10 aromatic rings. The fraction of sp³-hybridized carbons (Fsp3) is 0.0909. The summed E-state index contributed by atoms with van der Waals surface area (Å²) in [5.74, 6) is 31.9. The van der Waals surface area contributed by atoms with Crippen LogP contribution in [0.1, 0.15) is 44.5 Å². The molecule has 0 N–H and O–H groups in total. The highest BCUT2D eigenvalue weighted by molar-refractivity contribution is 6.24. The predicted molar refractivity (Wildman–Crippen MR) is 290 cm³/mol. The van der Waals surface area contributed by atoms with Crippen LogP contribution in [0.5, 0.6) is 34.5 Å². The van der Waals surface area contributed by atoms with Crippen molar-refractivity contribution in [3.63, 3.8) is 0 Å². The van der Waals surface area contributed by atoms with Gasteiger partial charge in [0.1, 0.15) is 34.5 Å². The Labute approximate surface area is 420 Å². The molecule has 10 rings (SSSR count). The Hall–Kier alpha value is -9.72. The molecule has 0 saturated carbocycles. The molecule has 346 valence electrons. The van der Waals surface area contributed by atoms with Crippen molar-refractivity contribution >= 4 is 32.3 Å². The lowest BCUT2D eigenvalue weighted by atomic mass is 9.86. The van der Waals surface area contributed by atoms with Crippen LogP contribution in [0.25, 0.3) is 54.6 Å². The first-order valence-electron chi connectivity index (χ1n) is 23.1. The third-order valence-electron chi connectivity index (χ3n) is 12.5. The van der Waals surface area contributed by atoms with Gasteiger partial charge in [0.2, 0.25) is 0 Å². The quantitative estimate of drug-likeness (QED) is 0.112. The van der Waals surface area contributed by atoms with Crippen LogP contribution in [0.4, 0.5) is 0 Å². The minimum Gasteiger partial charge on any atom is -0.497 e. The minimum absolute atomic E-state index is 0.659. The Bertz CT molecular complexity index is 3420. The van der Waals surface area contributed by atoms with Crippen LogP contribution in [-0.2, 0) is 0 Å². The van der Waals surface area contributed by atoms with Crippen LogP contribution in [-0.4, -0.2) is 42.7 Å². The summed E-state index contributed by atoms with van der Waals surface area (Å²) in [6, 6.07) is 56.7. The zero-order chi connectivity index (χ0) is 49.6. The van der Waals surface area contributed by atoms with Crippen molar-refractivity contribution in [3.8, 4) is 104 Å². The maximum atomic E-state index is 5.86. The summed E-state index contributed by atoms with van der Waals surface area (Å²) in [6.45, 7) is 0. The van der Waals surface area contributed by atoms with Gasteiger partial charge in [0, 0.05) is 55.6 Å². The number of hydrogen-bond acceptors (Lipinski definition) is 6. The van der Waals surface area contributed by atoms with Gasteiger partial charge in [-0.3, -0.25) is 0 Å². The highest BCUT2D eigenvalue weighted by atomic mass is 16.5. The first-order chi connectivity index (χ1) is 35.3. The zero-order valence-electron chi connectivity index (χ0n) is 40.6. The second kappa shape index (κ2) is 20.5. The fourth-order valence-corrected chi connectivity index (χ4v) is 8.87.